The van der Waals surface area contributed by atoms with Gasteiger partial charge in [-0.05, 0) is 66.2 Å². The van der Waals surface area contributed by atoms with Crippen molar-refractivity contribution in [3.05, 3.63) is 105 Å². The molecule has 1 aliphatic rings. The minimum Gasteiger partial charge on any atom is -0.507 e. The number of aliphatic hydroxyl groups excluding tert-OH is 1. The summed E-state index contributed by atoms with van der Waals surface area (Å²) in [7, 11) is 0. The fourth-order valence-electron chi connectivity index (χ4n) is 3.42. The Morgan fingerprint density at radius 2 is 1.53 bits per heavy atom. The predicted octanol–water partition coefficient (Wildman–Crippen LogP) is 5.87. The molecule has 0 saturated carbocycles. The predicted molar refractivity (Wildman–Crippen MR) is 117 cm³/mol. The summed E-state index contributed by atoms with van der Waals surface area (Å²) < 4.78 is 14.3. The first kappa shape index (κ1) is 20.3. The number of hydrogen-bond acceptors (Lipinski definition) is 3. The second-order valence-electron chi connectivity index (χ2n) is 6.70. The minimum atomic E-state index is -0.876. The van der Waals surface area contributed by atoms with Gasteiger partial charge in [-0.1, -0.05) is 39.7 Å². The number of nitrogens with zero attached hydrogens (tertiary/aromatic N) is 1. The van der Waals surface area contributed by atoms with Crippen LogP contribution in [-0.4, -0.2) is 16.8 Å². The molecule has 1 N–H and O–H groups in total. The average Bonchev–Trinajstić information content (AvgIpc) is 3.00. The van der Waals surface area contributed by atoms with Gasteiger partial charge in [-0.3, -0.25) is 14.5 Å². The zero-order chi connectivity index (χ0) is 21.4. The number of aliphatic hydroxyl groups is 1. The van der Waals surface area contributed by atoms with Crippen LogP contribution in [0.15, 0.2) is 82.8 Å². The molecule has 1 saturated heterocycles. The van der Waals surface area contributed by atoms with Gasteiger partial charge in [0.15, 0.2) is 0 Å². The van der Waals surface area contributed by atoms with Gasteiger partial charge < -0.3 is 5.11 Å². The number of Topliss-reactive ketones (excluding diaryl/α,β-unsaturated/α-hetero) is 1. The van der Waals surface area contributed by atoms with Crippen LogP contribution >= 0.6 is 27.5 Å². The van der Waals surface area contributed by atoms with Crippen molar-refractivity contribution < 1.29 is 19.1 Å². The first-order valence-corrected chi connectivity index (χ1v) is 10.1. The SMILES string of the molecule is O=C1C(=O)N(c2ccc(F)cc2)[C@H](c2ccc(Br)cc2)/C1=C(\O)c1ccc(Cl)cc1. The van der Waals surface area contributed by atoms with Crippen LogP contribution in [0.4, 0.5) is 10.1 Å². The van der Waals surface area contributed by atoms with Crippen LogP contribution in [0.25, 0.3) is 5.76 Å². The van der Waals surface area contributed by atoms with E-state index in [-0.39, 0.29) is 11.3 Å². The Kier molecular flexibility index (Phi) is 5.45. The van der Waals surface area contributed by atoms with Crippen molar-refractivity contribution in [2.45, 2.75) is 6.04 Å². The Hall–Kier alpha value is -2.96. The van der Waals surface area contributed by atoms with Crippen LogP contribution in [0.5, 0.6) is 0 Å². The van der Waals surface area contributed by atoms with E-state index in [1.807, 2.05) is 0 Å². The van der Waals surface area contributed by atoms with E-state index in [4.69, 9.17) is 11.6 Å². The van der Waals surface area contributed by atoms with Crippen LogP contribution in [0.1, 0.15) is 17.2 Å². The molecule has 0 bridgehead atoms. The lowest BCUT2D eigenvalue weighted by molar-refractivity contribution is -0.132. The maximum absolute atomic E-state index is 13.4. The Labute approximate surface area is 185 Å². The third-order valence-corrected chi connectivity index (χ3v) is 5.63. The molecule has 1 aliphatic heterocycles. The molecule has 4 rings (SSSR count). The molecule has 0 aliphatic carbocycles. The monoisotopic (exact) mass is 485 g/mol. The number of carbonyl (C=O) groups is 2. The number of hydrogen-bond donors (Lipinski definition) is 1. The summed E-state index contributed by atoms with van der Waals surface area (Å²) in [5, 5.41) is 11.4. The number of halogens is 3. The van der Waals surface area contributed by atoms with Crippen LogP contribution in [-0.2, 0) is 9.59 Å². The van der Waals surface area contributed by atoms with Gasteiger partial charge in [0.2, 0.25) is 0 Å². The van der Waals surface area contributed by atoms with E-state index in [9.17, 15) is 19.1 Å². The van der Waals surface area contributed by atoms with E-state index in [2.05, 4.69) is 15.9 Å². The van der Waals surface area contributed by atoms with E-state index in [1.165, 1.54) is 29.2 Å². The fourth-order valence-corrected chi connectivity index (χ4v) is 3.81. The van der Waals surface area contributed by atoms with Crippen LogP contribution in [0.2, 0.25) is 5.02 Å². The second kappa shape index (κ2) is 8.05. The van der Waals surface area contributed by atoms with E-state index in [0.717, 1.165) is 4.47 Å². The third-order valence-electron chi connectivity index (χ3n) is 4.85. The fraction of sp³-hybridized carbons (Fsp3) is 0.0435. The molecule has 4 nitrogen and oxygen atoms in total. The lowest BCUT2D eigenvalue weighted by Crippen LogP contribution is -2.29. The topological polar surface area (TPSA) is 57.6 Å². The zero-order valence-electron chi connectivity index (χ0n) is 15.4. The molecular formula is C23H14BrClFNO3. The van der Waals surface area contributed by atoms with Crippen molar-refractivity contribution in [2.24, 2.45) is 0 Å². The number of ketones is 1. The van der Waals surface area contributed by atoms with Gasteiger partial charge in [-0.2, -0.15) is 0 Å². The lowest BCUT2D eigenvalue weighted by atomic mass is 9.95. The minimum absolute atomic E-state index is 0.0473. The molecule has 1 amide bonds. The molecule has 1 heterocycles. The number of carbonyl (C=O) groups excluding carboxylic acids is 2. The van der Waals surface area contributed by atoms with Gasteiger partial charge in [0, 0.05) is 20.7 Å². The van der Waals surface area contributed by atoms with E-state index < -0.39 is 23.5 Å². The Morgan fingerprint density at radius 1 is 0.933 bits per heavy atom. The summed E-state index contributed by atoms with van der Waals surface area (Å²) in [5.74, 6) is -2.39. The normalized spacial score (nSPS) is 18.1. The van der Waals surface area contributed by atoms with Crippen molar-refractivity contribution in [1.29, 1.82) is 0 Å². The van der Waals surface area contributed by atoms with E-state index in [0.29, 0.717) is 21.8 Å². The van der Waals surface area contributed by atoms with Crippen LogP contribution in [0.3, 0.4) is 0 Å². The third kappa shape index (κ3) is 3.64. The maximum atomic E-state index is 13.4. The molecule has 3 aromatic carbocycles. The molecule has 0 radical (unpaired) electrons. The van der Waals surface area contributed by atoms with E-state index in [1.54, 1.807) is 48.5 Å². The lowest BCUT2D eigenvalue weighted by Gasteiger charge is -2.25. The van der Waals surface area contributed by atoms with Crippen molar-refractivity contribution in [1.82, 2.24) is 0 Å². The number of anilines is 1. The summed E-state index contributed by atoms with van der Waals surface area (Å²) in [6, 6.07) is 17.8. The van der Waals surface area contributed by atoms with Gasteiger partial charge >= 0.3 is 0 Å². The van der Waals surface area contributed by atoms with Crippen LogP contribution in [0, 0.1) is 5.82 Å². The van der Waals surface area contributed by atoms with Crippen molar-refractivity contribution in [3.63, 3.8) is 0 Å². The summed E-state index contributed by atoms with van der Waals surface area (Å²) in [6.07, 6.45) is 0. The van der Waals surface area contributed by atoms with Crippen molar-refractivity contribution >= 4 is 50.7 Å². The van der Waals surface area contributed by atoms with E-state index >= 15 is 0 Å². The second-order valence-corrected chi connectivity index (χ2v) is 8.06. The van der Waals surface area contributed by atoms with Gasteiger partial charge in [0.1, 0.15) is 11.6 Å². The van der Waals surface area contributed by atoms with Crippen molar-refractivity contribution in [3.8, 4) is 0 Å². The molecule has 7 heteroatoms. The Balaban J connectivity index is 1.93. The summed E-state index contributed by atoms with van der Waals surface area (Å²) in [4.78, 5) is 27.2. The molecular weight excluding hydrogens is 473 g/mol. The number of amides is 1. The molecule has 0 spiro atoms. The maximum Gasteiger partial charge on any atom is 0.300 e. The van der Waals surface area contributed by atoms with Gasteiger partial charge in [-0.25, -0.2) is 4.39 Å². The highest BCUT2D eigenvalue weighted by Gasteiger charge is 2.46. The highest BCUT2D eigenvalue weighted by atomic mass is 79.9. The van der Waals surface area contributed by atoms with Gasteiger partial charge in [0.05, 0.1) is 11.6 Å². The van der Waals surface area contributed by atoms with Gasteiger partial charge in [-0.15, -0.1) is 0 Å². The molecule has 0 aromatic heterocycles. The quantitative estimate of drug-likeness (QED) is 0.286. The van der Waals surface area contributed by atoms with Crippen LogP contribution < -0.4 is 4.90 Å². The summed E-state index contributed by atoms with van der Waals surface area (Å²) in [6.45, 7) is 0. The average molecular weight is 487 g/mol. The summed E-state index contributed by atoms with van der Waals surface area (Å²) >= 11 is 9.29. The summed E-state index contributed by atoms with van der Waals surface area (Å²) in [5.41, 5.74) is 1.28. The van der Waals surface area contributed by atoms with Crippen molar-refractivity contribution in [2.75, 3.05) is 4.90 Å². The number of benzene rings is 3. The largest absolute Gasteiger partial charge is 0.507 e. The smallest absolute Gasteiger partial charge is 0.300 e. The first-order chi connectivity index (χ1) is 14.4. The molecule has 150 valence electrons. The molecule has 1 fully saturated rings. The Morgan fingerprint density at radius 3 is 2.13 bits per heavy atom. The highest BCUT2D eigenvalue weighted by Crippen LogP contribution is 2.42. The molecule has 3 aromatic rings. The molecule has 0 unspecified atom stereocenters. The zero-order valence-corrected chi connectivity index (χ0v) is 17.7. The van der Waals surface area contributed by atoms with Gasteiger partial charge in [0.25, 0.3) is 11.7 Å². The Bertz CT molecular complexity index is 1160. The highest BCUT2D eigenvalue weighted by molar-refractivity contribution is 9.10. The standard InChI is InChI=1S/C23H14BrClFNO3/c24-15-5-1-13(2-6-15)20-19(21(28)14-3-7-16(25)8-4-14)22(29)23(30)27(20)18-11-9-17(26)10-12-18/h1-12,20,28H/b21-19+/t20-/m1/s1. The number of rotatable bonds is 3. The molecule has 30 heavy (non-hydrogen) atoms. The molecule has 1 atom stereocenters. The first-order valence-electron chi connectivity index (χ1n) is 8.95.